The van der Waals surface area contributed by atoms with Gasteiger partial charge in [0.25, 0.3) is 11.5 Å². The van der Waals surface area contributed by atoms with Crippen LogP contribution in [-0.4, -0.2) is 33.7 Å². The van der Waals surface area contributed by atoms with Crippen LogP contribution in [-0.2, 0) is 11.3 Å². The van der Waals surface area contributed by atoms with Gasteiger partial charge in [-0.15, -0.1) is 6.58 Å². The number of nitrogens with one attached hydrogen (secondary N) is 2. The van der Waals surface area contributed by atoms with E-state index in [0.717, 1.165) is 12.8 Å². The lowest BCUT2D eigenvalue weighted by Crippen LogP contribution is -2.43. The van der Waals surface area contributed by atoms with Crippen molar-refractivity contribution in [3.8, 4) is 0 Å². The molecule has 2 unspecified atom stereocenters. The van der Waals surface area contributed by atoms with E-state index < -0.39 is 0 Å². The zero-order valence-electron chi connectivity index (χ0n) is 15.0. The third-order valence-corrected chi connectivity index (χ3v) is 4.91. The second-order valence-corrected chi connectivity index (χ2v) is 7.18. The smallest absolute Gasteiger partial charge is 0.262 e. The molecule has 2 N–H and O–H groups in total. The Balaban J connectivity index is 1.88. The molecule has 26 heavy (non-hydrogen) atoms. The molecule has 0 bridgehead atoms. The van der Waals surface area contributed by atoms with Gasteiger partial charge in [-0.2, -0.15) is 0 Å². The average molecular weight is 373 g/mol. The number of hydrogen-bond donors (Lipinski definition) is 2. The molecule has 1 saturated heterocycles. The van der Waals surface area contributed by atoms with Crippen LogP contribution in [0.5, 0.6) is 0 Å². The Kier molecular flexibility index (Phi) is 5.38. The fourth-order valence-electron chi connectivity index (χ4n) is 3.48. The number of carbonyl (C=O) groups excluding carboxylic acids is 1. The molecule has 1 aliphatic rings. The Labute approximate surface area is 156 Å². The summed E-state index contributed by atoms with van der Waals surface area (Å²) in [6, 6.07) is 5.08. The first-order chi connectivity index (χ1) is 12.4. The Morgan fingerprint density at radius 2 is 2.12 bits per heavy atom. The maximum atomic E-state index is 12.6. The number of allylic oxidation sites excluding steroid dienone is 1. The van der Waals surface area contributed by atoms with E-state index in [9.17, 15) is 9.59 Å². The summed E-state index contributed by atoms with van der Waals surface area (Å²) in [7, 11) is 0. The number of rotatable bonds is 4. The molecule has 6 nitrogen and oxygen atoms in total. The van der Waals surface area contributed by atoms with Crippen molar-refractivity contribution in [3.63, 3.8) is 0 Å². The van der Waals surface area contributed by atoms with E-state index in [0.29, 0.717) is 27.8 Å². The number of fused-ring (bicyclic) bond motifs is 1. The van der Waals surface area contributed by atoms with Crippen molar-refractivity contribution < 1.29 is 9.53 Å². The van der Waals surface area contributed by atoms with Crippen molar-refractivity contribution in [1.29, 1.82) is 0 Å². The molecule has 1 fully saturated rings. The topological polar surface area (TPSA) is 76.1 Å². The number of carbonyl (C=O) groups is 1. The highest BCUT2D eigenvalue weighted by atomic mass is 32.1. The Morgan fingerprint density at radius 1 is 1.42 bits per heavy atom. The van der Waals surface area contributed by atoms with Crippen LogP contribution in [0.2, 0.25) is 0 Å². The predicted molar refractivity (Wildman–Crippen MR) is 104 cm³/mol. The van der Waals surface area contributed by atoms with E-state index in [4.69, 9.17) is 17.0 Å². The lowest BCUT2D eigenvalue weighted by atomic mass is 9.99. The van der Waals surface area contributed by atoms with Crippen LogP contribution >= 0.6 is 12.2 Å². The summed E-state index contributed by atoms with van der Waals surface area (Å²) in [5, 5.41) is 3.56. The minimum atomic E-state index is -0.192. The van der Waals surface area contributed by atoms with Crippen LogP contribution in [0.15, 0.2) is 35.6 Å². The summed E-state index contributed by atoms with van der Waals surface area (Å²) < 4.78 is 7.46. The van der Waals surface area contributed by atoms with Crippen molar-refractivity contribution in [2.45, 2.75) is 51.5 Å². The summed E-state index contributed by atoms with van der Waals surface area (Å²) >= 11 is 5.24. The number of benzene rings is 1. The molecule has 1 aliphatic heterocycles. The van der Waals surface area contributed by atoms with Gasteiger partial charge in [-0.1, -0.05) is 6.08 Å². The van der Waals surface area contributed by atoms with E-state index in [1.54, 1.807) is 24.3 Å². The number of nitrogens with zero attached hydrogens (tertiary/aromatic N) is 1. The van der Waals surface area contributed by atoms with E-state index in [1.165, 1.54) is 4.57 Å². The lowest BCUT2D eigenvalue weighted by molar-refractivity contribution is -0.0408. The van der Waals surface area contributed by atoms with Crippen molar-refractivity contribution in [2.75, 3.05) is 0 Å². The zero-order valence-corrected chi connectivity index (χ0v) is 15.8. The molecule has 0 spiro atoms. The molecule has 0 radical (unpaired) electrons. The summed E-state index contributed by atoms with van der Waals surface area (Å²) in [6.45, 7) is 8.01. The molecule has 2 heterocycles. The molecule has 2 atom stereocenters. The third-order valence-electron chi connectivity index (χ3n) is 4.59. The lowest BCUT2D eigenvalue weighted by Gasteiger charge is -2.32. The van der Waals surface area contributed by atoms with Crippen LogP contribution in [0, 0.1) is 4.77 Å². The molecular weight excluding hydrogens is 350 g/mol. The van der Waals surface area contributed by atoms with Gasteiger partial charge in [0.05, 0.1) is 23.1 Å². The van der Waals surface area contributed by atoms with E-state index >= 15 is 0 Å². The normalized spacial score (nSPS) is 22.9. The highest BCUT2D eigenvalue weighted by Gasteiger charge is 2.26. The number of aromatic amines is 1. The summed E-state index contributed by atoms with van der Waals surface area (Å²) in [5.74, 6) is -0.159. The fraction of sp³-hybridized carbons (Fsp3) is 0.421. The molecule has 138 valence electrons. The highest BCUT2D eigenvalue weighted by Crippen LogP contribution is 2.20. The fourth-order valence-corrected chi connectivity index (χ4v) is 3.75. The molecule has 3 rings (SSSR count). The molecular formula is C19H23N3O3S. The van der Waals surface area contributed by atoms with Crippen molar-refractivity contribution in [2.24, 2.45) is 0 Å². The summed E-state index contributed by atoms with van der Waals surface area (Å²) in [6.07, 6.45) is 3.45. The number of hydrogen-bond acceptors (Lipinski definition) is 4. The van der Waals surface area contributed by atoms with E-state index in [2.05, 4.69) is 16.9 Å². The predicted octanol–water partition coefficient (Wildman–Crippen LogP) is 2.93. The third kappa shape index (κ3) is 3.78. The second kappa shape index (κ2) is 7.55. The Bertz CT molecular complexity index is 953. The first kappa shape index (κ1) is 18.5. The van der Waals surface area contributed by atoms with Crippen molar-refractivity contribution >= 4 is 29.0 Å². The van der Waals surface area contributed by atoms with Gasteiger partial charge in [-0.3, -0.25) is 14.2 Å². The molecule has 1 aromatic heterocycles. The average Bonchev–Trinajstić information content (AvgIpc) is 2.57. The number of ether oxygens (including phenoxy) is 1. The van der Waals surface area contributed by atoms with Gasteiger partial charge in [0, 0.05) is 18.2 Å². The van der Waals surface area contributed by atoms with Gasteiger partial charge < -0.3 is 15.0 Å². The van der Waals surface area contributed by atoms with Gasteiger partial charge in [-0.05, 0) is 57.1 Å². The zero-order chi connectivity index (χ0) is 18.8. The van der Waals surface area contributed by atoms with Gasteiger partial charge in [0.15, 0.2) is 4.77 Å². The molecule has 1 amide bonds. The van der Waals surface area contributed by atoms with Gasteiger partial charge >= 0.3 is 0 Å². The minimum Gasteiger partial charge on any atom is -0.375 e. The summed E-state index contributed by atoms with van der Waals surface area (Å²) in [4.78, 5) is 28.2. The Hall–Kier alpha value is -2.25. The van der Waals surface area contributed by atoms with Gasteiger partial charge in [-0.25, -0.2) is 0 Å². The van der Waals surface area contributed by atoms with E-state index in [-0.39, 0.29) is 29.7 Å². The molecule has 2 aromatic rings. The van der Waals surface area contributed by atoms with Crippen LogP contribution in [0.4, 0.5) is 0 Å². The van der Waals surface area contributed by atoms with Gasteiger partial charge in [0.1, 0.15) is 0 Å². The van der Waals surface area contributed by atoms with Crippen LogP contribution < -0.4 is 10.9 Å². The van der Waals surface area contributed by atoms with Gasteiger partial charge in [0.2, 0.25) is 0 Å². The first-order valence-corrected chi connectivity index (χ1v) is 9.14. The highest BCUT2D eigenvalue weighted by molar-refractivity contribution is 7.71. The molecule has 1 aromatic carbocycles. The van der Waals surface area contributed by atoms with Crippen LogP contribution in [0.3, 0.4) is 0 Å². The second-order valence-electron chi connectivity index (χ2n) is 6.79. The van der Waals surface area contributed by atoms with Crippen molar-refractivity contribution in [1.82, 2.24) is 14.9 Å². The first-order valence-electron chi connectivity index (χ1n) is 8.73. The number of H-pyrrole nitrogens is 1. The standard InChI is InChI=1S/C19H23N3O3S/c1-4-7-22-18(24)15-6-5-13(10-16(15)21-19(22)26)17(23)20-14-8-11(2)25-12(3)9-14/h4-6,10-12,14H,1,7-9H2,2-3H3,(H,20,23)(H,21,26). The Morgan fingerprint density at radius 3 is 2.77 bits per heavy atom. The SMILES string of the molecule is C=CCn1c(=S)[nH]c2cc(C(=O)NC3CC(C)OC(C)C3)ccc2c1=O. The number of aromatic nitrogens is 2. The quantitative estimate of drug-likeness (QED) is 0.638. The molecule has 7 heteroatoms. The molecule has 0 saturated carbocycles. The largest absolute Gasteiger partial charge is 0.375 e. The summed E-state index contributed by atoms with van der Waals surface area (Å²) in [5.41, 5.74) is 0.861. The number of amides is 1. The van der Waals surface area contributed by atoms with Crippen LogP contribution in [0.25, 0.3) is 10.9 Å². The maximum Gasteiger partial charge on any atom is 0.262 e. The maximum absolute atomic E-state index is 12.6. The van der Waals surface area contributed by atoms with E-state index in [1.807, 2.05) is 13.8 Å². The van der Waals surface area contributed by atoms with Crippen LogP contribution in [0.1, 0.15) is 37.0 Å². The minimum absolute atomic E-state index is 0.0797. The molecule has 0 aliphatic carbocycles. The monoisotopic (exact) mass is 373 g/mol. The van der Waals surface area contributed by atoms with Crippen molar-refractivity contribution in [3.05, 3.63) is 51.5 Å².